The highest BCUT2D eigenvalue weighted by Gasteiger charge is 2.46. The predicted octanol–water partition coefficient (Wildman–Crippen LogP) is 3.20. The first-order chi connectivity index (χ1) is 14.0. The quantitative estimate of drug-likeness (QED) is 0.580. The number of fused-ring (bicyclic) bond motifs is 1. The van der Waals surface area contributed by atoms with Gasteiger partial charge in [-0.25, -0.2) is 4.79 Å². The summed E-state index contributed by atoms with van der Waals surface area (Å²) in [7, 11) is 0. The summed E-state index contributed by atoms with van der Waals surface area (Å²) in [6.45, 7) is 7.94. The van der Waals surface area contributed by atoms with Crippen LogP contribution in [0.2, 0.25) is 0 Å². The molecule has 2 aliphatic rings. The zero-order valence-electron chi connectivity index (χ0n) is 16.3. The van der Waals surface area contributed by atoms with Crippen molar-refractivity contribution in [3.05, 3.63) is 72.2 Å². The molecule has 1 aromatic heterocycles. The number of hydrogen-bond acceptors (Lipinski definition) is 5. The standard InChI is InChI=1S/C22H21N4O3/c1-4-11-25-21(27)17-7-5-6-8-18(17)26(22(25)28)13-19-23-20(24-29-19)16-10-9-14(2)15(3)12-16/h4-10,12,17H,1,11,13H2,2-3H3/q+1. The zero-order valence-corrected chi connectivity index (χ0v) is 16.3. The molecule has 2 aromatic rings. The van der Waals surface area contributed by atoms with Crippen molar-refractivity contribution in [1.29, 1.82) is 0 Å². The summed E-state index contributed by atoms with van der Waals surface area (Å²) in [5.74, 6) is -0.0104. The van der Waals surface area contributed by atoms with Crippen molar-refractivity contribution in [2.24, 2.45) is 5.92 Å². The average Bonchev–Trinajstić information content (AvgIpc) is 3.19. The van der Waals surface area contributed by atoms with Crippen LogP contribution in [0.5, 0.6) is 0 Å². The Morgan fingerprint density at radius 3 is 2.83 bits per heavy atom. The Labute approximate surface area is 168 Å². The maximum atomic E-state index is 13.0. The maximum Gasteiger partial charge on any atom is 0.501 e. The number of urea groups is 1. The number of carbonyl (C=O) groups excluding carboxylic acids is 2. The van der Waals surface area contributed by atoms with Crippen LogP contribution in [0.3, 0.4) is 0 Å². The summed E-state index contributed by atoms with van der Waals surface area (Å²) < 4.78 is 6.92. The van der Waals surface area contributed by atoms with Crippen LogP contribution in [-0.2, 0) is 11.3 Å². The topological polar surface area (TPSA) is 79.3 Å². The molecule has 1 unspecified atom stereocenters. The summed E-state index contributed by atoms with van der Waals surface area (Å²) in [4.78, 5) is 31.3. The number of amides is 3. The van der Waals surface area contributed by atoms with Gasteiger partial charge in [0, 0.05) is 5.56 Å². The van der Waals surface area contributed by atoms with E-state index in [1.165, 1.54) is 21.1 Å². The van der Waals surface area contributed by atoms with Gasteiger partial charge < -0.3 is 4.52 Å². The lowest BCUT2D eigenvalue weighted by Crippen LogP contribution is -2.54. The van der Waals surface area contributed by atoms with Crippen LogP contribution < -0.4 is 0 Å². The number of hydrogen-bond donors (Lipinski definition) is 0. The third-order valence-corrected chi connectivity index (χ3v) is 5.14. The average molecular weight is 389 g/mol. The van der Waals surface area contributed by atoms with Gasteiger partial charge in [-0.1, -0.05) is 48.2 Å². The van der Waals surface area contributed by atoms with Crippen LogP contribution in [0, 0.1) is 19.8 Å². The van der Waals surface area contributed by atoms with Crippen LogP contribution in [0.25, 0.3) is 11.4 Å². The van der Waals surface area contributed by atoms with E-state index in [1.807, 2.05) is 32.0 Å². The number of nitrogens with zero attached hydrogens (tertiary/aromatic N) is 4. The smallest absolute Gasteiger partial charge is 0.335 e. The summed E-state index contributed by atoms with van der Waals surface area (Å²) in [5.41, 5.74) is 3.77. The summed E-state index contributed by atoms with van der Waals surface area (Å²) in [6.07, 6.45) is 8.69. The van der Waals surface area contributed by atoms with Gasteiger partial charge in [-0.05, 0) is 37.1 Å². The van der Waals surface area contributed by atoms with Crippen molar-refractivity contribution in [3.8, 4) is 11.4 Å². The summed E-state index contributed by atoms with van der Waals surface area (Å²) in [6, 6.07) is 5.52. The molecule has 1 atom stereocenters. The zero-order chi connectivity index (χ0) is 20.5. The molecule has 0 fully saturated rings. The Bertz CT molecular complexity index is 1110. The van der Waals surface area contributed by atoms with Crippen LogP contribution in [0.15, 0.2) is 59.7 Å². The molecule has 0 saturated carbocycles. The lowest BCUT2D eigenvalue weighted by Gasteiger charge is -2.25. The fourth-order valence-electron chi connectivity index (χ4n) is 3.42. The number of carbonyl (C=O) groups is 2. The first-order valence-electron chi connectivity index (χ1n) is 9.35. The minimum Gasteiger partial charge on any atom is -0.335 e. The number of benzene rings is 1. The molecule has 2 heterocycles. The molecular weight excluding hydrogens is 368 g/mol. The largest absolute Gasteiger partial charge is 0.501 e. The molecule has 0 spiro atoms. The van der Waals surface area contributed by atoms with E-state index < -0.39 is 11.9 Å². The summed E-state index contributed by atoms with van der Waals surface area (Å²) >= 11 is 0. The molecule has 4 rings (SSSR count). The highest BCUT2D eigenvalue weighted by molar-refractivity contribution is 6.16. The molecule has 1 aliphatic heterocycles. The minimum absolute atomic E-state index is 0.0849. The number of aromatic nitrogens is 2. The van der Waals surface area contributed by atoms with Crippen LogP contribution in [0.1, 0.15) is 17.0 Å². The number of rotatable bonds is 5. The molecule has 29 heavy (non-hydrogen) atoms. The van der Waals surface area contributed by atoms with Gasteiger partial charge in [-0.3, -0.25) is 0 Å². The molecule has 0 saturated heterocycles. The van der Waals surface area contributed by atoms with Gasteiger partial charge in [0.25, 0.3) is 5.89 Å². The van der Waals surface area contributed by atoms with E-state index in [0.717, 1.165) is 11.1 Å². The van der Waals surface area contributed by atoms with E-state index in [2.05, 4.69) is 16.7 Å². The fourth-order valence-corrected chi connectivity index (χ4v) is 3.42. The molecule has 1 aromatic carbocycles. The van der Waals surface area contributed by atoms with Crippen molar-refractivity contribution in [2.75, 3.05) is 6.54 Å². The van der Waals surface area contributed by atoms with Gasteiger partial charge >= 0.3 is 11.9 Å². The molecule has 1 aliphatic carbocycles. The highest BCUT2D eigenvalue weighted by Crippen LogP contribution is 2.23. The molecular formula is C22H21N4O3+. The van der Waals surface area contributed by atoms with Crippen LogP contribution in [-0.4, -0.2) is 43.8 Å². The van der Waals surface area contributed by atoms with Crippen molar-refractivity contribution < 1.29 is 18.7 Å². The highest BCUT2D eigenvalue weighted by atomic mass is 16.5. The van der Waals surface area contributed by atoms with Gasteiger partial charge in [-0.15, -0.1) is 0 Å². The van der Waals surface area contributed by atoms with Gasteiger partial charge in [-0.2, -0.15) is 19.3 Å². The SMILES string of the molecule is C=CCN1C(=O)C2C=CC=CC2=[N+](Cc2nc(-c3ccc(C)c(C)c3)no2)C1=O. The summed E-state index contributed by atoms with van der Waals surface area (Å²) in [5, 5.41) is 4.06. The number of imide groups is 1. The second kappa shape index (κ2) is 7.43. The third-order valence-electron chi connectivity index (χ3n) is 5.14. The van der Waals surface area contributed by atoms with Crippen LogP contribution >= 0.6 is 0 Å². The van der Waals surface area contributed by atoms with E-state index >= 15 is 0 Å². The Balaban J connectivity index is 1.68. The fraction of sp³-hybridized carbons (Fsp3) is 0.227. The van der Waals surface area contributed by atoms with Crippen molar-refractivity contribution >= 4 is 17.6 Å². The Morgan fingerprint density at radius 2 is 2.07 bits per heavy atom. The minimum atomic E-state index is -0.514. The van der Waals surface area contributed by atoms with E-state index in [1.54, 1.807) is 24.3 Å². The number of allylic oxidation sites excluding steroid dienone is 3. The van der Waals surface area contributed by atoms with Gasteiger partial charge in [0.05, 0.1) is 0 Å². The van der Waals surface area contributed by atoms with Gasteiger partial charge in [0.1, 0.15) is 18.2 Å². The second-order valence-electron chi connectivity index (χ2n) is 7.06. The molecule has 7 nitrogen and oxygen atoms in total. The van der Waals surface area contributed by atoms with Crippen LogP contribution in [0.4, 0.5) is 4.79 Å². The van der Waals surface area contributed by atoms with E-state index in [-0.39, 0.29) is 19.0 Å². The molecule has 0 radical (unpaired) electrons. The molecule has 0 N–H and O–H groups in total. The van der Waals surface area contributed by atoms with E-state index in [4.69, 9.17) is 4.52 Å². The van der Waals surface area contributed by atoms with Crippen molar-refractivity contribution in [1.82, 2.24) is 15.0 Å². The Kier molecular flexibility index (Phi) is 4.80. The molecule has 0 bridgehead atoms. The third kappa shape index (κ3) is 3.35. The van der Waals surface area contributed by atoms with Gasteiger partial charge in [0.2, 0.25) is 5.82 Å². The predicted molar refractivity (Wildman–Crippen MR) is 107 cm³/mol. The lowest BCUT2D eigenvalue weighted by molar-refractivity contribution is -0.459. The molecule has 3 amide bonds. The first-order valence-corrected chi connectivity index (χ1v) is 9.35. The molecule has 7 heteroatoms. The lowest BCUT2D eigenvalue weighted by atomic mass is 9.94. The normalized spacial score (nSPS) is 18.4. The van der Waals surface area contributed by atoms with E-state index in [0.29, 0.717) is 17.4 Å². The van der Waals surface area contributed by atoms with Crippen molar-refractivity contribution in [3.63, 3.8) is 0 Å². The van der Waals surface area contributed by atoms with Crippen molar-refractivity contribution in [2.45, 2.75) is 20.4 Å². The Morgan fingerprint density at radius 1 is 1.24 bits per heavy atom. The Hall–Kier alpha value is -3.61. The monoisotopic (exact) mass is 389 g/mol. The number of aryl methyl sites for hydroxylation is 2. The molecule has 146 valence electrons. The second-order valence-corrected chi connectivity index (χ2v) is 7.06. The van der Waals surface area contributed by atoms with Gasteiger partial charge in [0.15, 0.2) is 6.54 Å². The first kappa shape index (κ1) is 18.7. The van der Waals surface area contributed by atoms with E-state index in [9.17, 15) is 9.59 Å². The maximum absolute atomic E-state index is 13.0.